The molecule has 0 spiro atoms. The van der Waals surface area contributed by atoms with E-state index in [0.29, 0.717) is 45.8 Å². The van der Waals surface area contributed by atoms with E-state index in [2.05, 4.69) is 37.1 Å². The summed E-state index contributed by atoms with van der Waals surface area (Å²) >= 11 is 0. The van der Waals surface area contributed by atoms with Crippen molar-refractivity contribution < 1.29 is 9.13 Å². The summed E-state index contributed by atoms with van der Waals surface area (Å²) in [6.07, 6.45) is 5.94. The number of aryl methyl sites for hydroxylation is 1. The number of benzene rings is 2. The van der Waals surface area contributed by atoms with Crippen LogP contribution in [0, 0.1) is 25.6 Å². The second-order valence-corrected chi connectivity index (χ2v) is 9.08. The number of aliphatic imine (C=N–C) groups is 1. The van der Waals surface area contributed by atoms with E-state index in [1.807, 2.05) is 32.0 Å². The summed E-state index contributed by atoms with van der Waals surface area (Å²) < 4.78 is 21.4. The average molecular weight is 486 g/mol. The molecule has 1 aliphatic heterocycles. The highest BCUT2D eigenvalue weighted by molar-refractivity contribution is 5.87. The monoisotopic (exact) mass is 485 g/mol. The number of nitrogens with zero attached hydrogens (tertiary/aromatic N) is 6. The summed E-state index contributed by atoms with van der Waals surface area (Å²) in [7, 11) is 0. The molecule has 36 heavy (non-hydrogen) atoms. The van der Waals surface area contributed by atoms with Crippen molar-refractivity contribution >= 4 is 40.4 Å². The minimum absolute atomic E-state index is 0.273. The van der Waals surface area contributed by atoms with Crippen LogP contribution in [0.25, 0.3) is 11.0 Å². The molecule has 1 unspecified atom stereocenters. The van der Waals surface area contributed by atoms with Gasteiger partial charge in [0.05, 0.1) is 17.6 Å². The van der Waals surface area contributed by atoms with Crippen LogP contribution in [-0.4, -0.2) is 39.2 Å². The molecule has 3 heterocycles. The Morgan fingerprint density at radius 3 is 2.81 bits per heavy atom. The van der Waals surface area contributed by atoms with Crippen LogP contribution in [-0.2, 0) is 0 Å². The summed E-state index contributed by atoms with van der Waals surface area (Å²) in [5.41, 5.74) is 3.63. The molecule has 9 heteroatoms. The Balaban J connectivity index is 1.43. The molecule has 1 fully saturated rings. The van der Waals surface area contributed by atoms with Crippen molar-refractivity contribution in [1.82, 2.24) is 19.9 Å². The maximum Gasteiger partial charge on any atom is 0.226 e. The lowest BCUT2D eigenvalue weighted by atomic mass is 10.1. The fourth-order valence-corrected chi connectivity index (χ4v) is 4.27. The van der Waals surface area contributed by atoms with Crippen LogP contribution in [0.5, 0.6) is 11.5 Å². The Morgan fingerprint density at radius 2 is 2.03 bits per heavy atom. The predicted octanol–water partition coefficient (Wildman–Crippen LogP) is 6.28. The average Bonchev–Trinajstić information content (AvgIpc) is 3.32. The molecule has 1 aliphatic rings. The number of halogens is 1. The van der Waals surface area contributed by atoms with Gasteiger partial charge in [-0.15, -0.1) is 0 Å². The summed E-state index contributed by atoms with van der Waals surface area (Å²) in [6, 6.07) is 8.98. The van der Waals surface area contributed by atoms with Gasteiger partial charge in [0.15, 0.2) is 11.6 Å². The maximum atomic E-state index is 15.4. The summed E-state index contributed by atoms with van der Waals surface area (Å²) in [6.45, 7) is 9.55. The van der Waals surface area contributed by atoms with Crippen molar-refractivity contribution in [2.75, 3.05) is 23.3 Å². The minimum Gasteiger partial charge on any atom is -0.457 e. The van der Waals surface area contributed by atoms with Crippen molar-refractivity contribution in [3.63, 3.8) is 0 Å². The van der Waals surface area contributed by atoms with E-state index < -0.39 is 5.82 Å². The number of hydrogen-bond donors (Lipinski definition) is 1. The summed E-state index contributed by atoms with van der Waals surface area (Å²) in [4.78, 5) is 24.3. The number of ether oxygens (including phenoxy) is 1. The lowest BCUT2D eigenvalue weighted by molar-refractivity contribution is 0.471. The number of nitrogens with one attached hydrogen (secondary N) is 1. The van der Waals surface area contributed by atoms with Crippen LogP contribution in [0.2, 0.25) is 0 Å². The highest BCUT2D eigenvalue weighted by Gasteiger charge is 2.22. The molecule has 8 nitrogen and oxygen atoms in total. The van der Waals surface area contributed by atoms with Gasteiger partial charge in [0.1, 0.15) is 28.9 Å². The van der Waals surface area contributed by atoms with E-state index in [1.165, 1.54) is 6.33 Å². The van der Waals surface area contributed by atoms with E-state index in [-0.39, 0.29) is 5.69 Å². The Kier molecular flexibility index (Phi) is 6.45. The zero-order valence-electron chi connectivity index (χ0n) is 20.8. The molecule has 0 amide bonds. The van der Waals surface area contributed by atoms with E-state index in [4.69, 9.17) is 9.72 Å². The van der Waals surface area contributed by atoms with Crippen molar-refractivity contribution in [1.29, 1.82) is 0 Å². The van der Waals surface area contributed by atoms with Gasteiger partial charge in [-0.3, -0.25) is 4.99 Å². The van der Waals surface area contributed by atoms with Crippen LogP contribution in [0.1, 0.15) is 31.4 Å². The Labute approximate surface area is 209 Å². The smallest absolute Gasteiger partial charge is 0.226 e. The Hall–Kier alpha value is -4.14. The fraction of sp³-hybridized carbons (Fsp3) is 0.296. The largest absolute Gasteiger partial charge is 0.457 e. The first-order chi connectivity index (χ1) is 17.4. The normalized spacial score (nSPS) is 15.7. The maximum absolute atomic E-state index is 15.4. The van der Waals surface area contributed by atoms with Crippen LogP contribution in [0.4, 0.5) is 27.5 Å². The first kappa shape index (κ1) is 23.6. The van der Waals surface area contributed by atoms with Gasteiger partial charge in [0.2, 0.25) is 5.95 Å². The van der Waals surface area contributed by atoms with Gasteiger partial charge in [0, 0.05) is 30.9 Å². The first-order valence-electron chi connectivity index (χ1n) is 12.0. The van der Waals surface area contributed by atoms with Crippen molar-refractivity contribution in [3.05, 3.63) is 59.8 Å². The van der Waals surface area contributed by atoms with E-state index >= 15 is 4.39 Å². The number of fused-ring (bicyclic) bond motifs is 1. The van der Waals surface area contributed by atoms with Gasteiger partial charge in [-0.1, -0.05) is 13.0 Å². The van der Waals surface area contributed by atoms with Crippen molar-refractivity contribution in [3.8, 4) is 11.5 Å². The summed E-state index contributed by atoms with van der Waals surface area (Å²) in [5, 5.41) is 3.10. The molecule has 1 atom stereocenters. The van der Waals surface area contributed by atoms with E-state index in [1.54, 1.807) is 31.5 Å². The number of rotatable bonds is 6. The SMILES string of the molecule is CC=Nc1cc(Oc2ccc(Nc3ncnc4cnc(N5CCC(C)C5)nc34)c(F)c2C)ccc1C. The minimum atomic E-state index is -0.430. The molecule has 0 aliphatic carbocycles. The van der Waals surface area contributed by atoms with Crippen molar-refractivity contribution in [2.45, 2.75) is 34.1 Å². The van der Waals surface area contributed by atoms with Gasteiger partial charge in [-0.05, 0) is 56.9 Å². The third-order valence-electron chi connectivity index (χ3n) is 6.34. The van der Waals surface area contributed by atoms with Gasteiger partial charge in [0.25, 0.3) is 0 Å². The molecule has 2 aromatic heterocycles. The Bertz CT molecular complexity index is 1460. The molecule has 184 valence electrons. The number of hydrogen-bond acceptors (Lipinski definition) is 8. The molecular formula is C27H28FN7O. The van der Waals surface area contributed by atoms with Crippen LogP contribution in [0.3, 0.4) is 0 Å². The molecule has 1 saturated heterocycles. The molecule has 0 radical (unpaired) electrons. The molecule has 1 N–H and O–H groups in total. The van der Waals surface area contributed by atoms with Gasteiger partial charge >= 0.3 is 0 Å². The van der Waals surface area contributed by atoms with Gasteiger partial charge < -0.3 is 15.0 Å². The molecule has 0 bridgehead atoms. The zero-order valence-corrected chi connectivity index (χ0v) is 20.8. The molecule has 2 aromatic carbocycles. The Morgan fingerprint density at radius 1 is 1.17 bits per heavy atom. The first-order valence-corrected chi connectivity index (χ1v) is 12.0. The van der Waals surface area contributed by atoms with Crippen LogP contribution in [0.15, 0.2) is 47.8 Å². The molecule has 0 saturated carbocycles. The third-order valence-corrected chi connectivity index (χ3v) is 6.34. The lowest BCUT2D eigenvalue weighted by Gasteiger charge is -2.17. The molecular weight excluding hydrogens is 457 g/mol. The third kappa shape index (κ3) is 4.68. The van der Waals surface area contributed by atoms with Crippen molar-refractivity contribution in [2.24, 2.45) is 10.9 Å². The predicted molar refractivity (Wildman–Crippen MR) is 141 cm³/mol. The highest BCUT2D eigenvalue weighted by atomic mass is 19.1. The van der Waals surface area contributed by atoms with E-state index in [0.717, 1.165) is 30.8 Å². The lowest BCUT2D eigenvalue weighted by Crippen LogP contribution is -2.21. The van der Waals surface area contributed by atoms with Crippen LogP contribution >= 0.6 is 0 Å². The van der Waals surface area contributed by atoms with Gasteiger partial charge in [-0.25, -0.2) is 24.3 Å². The quantitative estimate of drug-likeness (QED) is 0.322. The zero-order chi connectivity index (χ0) is 25.2. The van der Waals surface area contributed by atoms with Crippen LogP contribution < -0.4 is 15.0 Å². The summed E-state index contributed by atoms with van der Waals surface area (Å²) in [5.74, 6) is 2.23. The van der Waals surface area contributed by atoms with Gasteiger partial charge in [-0.2, -0.15) is 0 Å². The second kappa shape index (κ2) is 9.85. The number of aromatic nitrogens is 4. The highest BCUT2D eigenvalue weighted by Crippen LogP contribution is 2.34. The molecule has 5 rings (SSSR count). The number of anilines is 3. The second-order valence-electron chi connectivity index (χ2n) is 9.08. The van der Waals surface area contributed by atoms with E-state index in [9.17, 15) is 0 Å². The fourth-order valence-electron chi connectivity index (χ4n) is 4.27. The standard InChI is InChI=1S/C27H28FN7O/c1-5-29-21-12-19(7-6-17(21)3)36-23-9-8-20(24(28)18(23)4)33-26-25-22(31-15-32-26)13-30-27(34-25)35-11-10-16(2)14-35/h5-9,12-13,15-16H,10-11,14H2,1-4H3,(H,31,32,33). The topological polar surface area (TPSA) is 88.4 Å². The molecule has 4 aromatic rings.